The molecule has 0 amide bonds. The molecule has 0 aliphatic rings. The third-order valence-electron chi connectivity index (χ3n) is 3.37. The van der Waals surface area contributed by atoms with Gasteiger partial charge in [-0.05, 0) is 48.2 Å². The molecule has 2 unspecified atom stereocenters. The standard InChI is InChI=1S/C13H24BrN3/c1-6-11(15-7-2)9(3)8-12-13(14)10(4)16-17(12)5/h9,11,15H,6-8H2,1-5H3. The first-order chi connectivity index (χ1) is 8.01. The summed E-state index contributed by atoms with van der Waals surface area (Å²) in [5.74, 6) is 0.617. The van der Waals surface area contributed by atoms with E-state index in [1.165, 1.54) is 16.6 Å². The van der Waals surface area contributed by atoms with Crippen LogP contribution in [0.3, 0.4) is 0 Å². The molecule has 1 heterocycles. The molecule has 1 rings (SSSR count). The van der Waals surface area contributed by atoms with Crippen LogP contribution in [0.1, 0.15) is 38.6 Å². The zero-order valence-corrected chi connectivity index (χ0v) is 13.1. The maximum atomic E-state index is 4.44. The number of aromatic nitrogens is 2. The van der Waals surface area contributed by atoms with Crippen LogP contribution in [0, 0.1) is 12.8 Å². The lowest BCUT2D eigenvalue weighted by molar-refractivity contribution is 0.364. The van der Waals surface area contributed by atoms with Crippen LogP contribution in [0.25, 0.3) is 0 Å². The number of nitrogens with zero attached hydrogens (tertiary/aromatic N) is 2. The Morgan fingerprint density at radius 3 is 2.47 bits per heavy atom. The van der Waals surface area contributed by atoms with E-state index in [-0.39, 0.29) is 0 Å². The predicted molar refractivity (Wildman–Crippen MR) is 76.3 cm³/mol. The summed E-state index contributed by atoms with van der Waals surface area (Å²) in [5.41, 5.74) is 2.37. The van der Waals surface area contributed by atoms with Gasteiger partial charge in [0, 0.05) is 13.1 Å². The molecule has 0 fully saturated rings. The van der Waals surface area contributed by atoms with Gasteiger partial charge in [-0.2, -0.15) is 5.10 Å². The Morgan fingerprint density at radius 2 is 2.06 bits per heavy atom. The summed E-state index contributed by atoms with van der Waals surface area (Å²) >= 11 is 3.64. The van der Waals surface area contributed by atoms with Gasteiger partial charge in [0.2, 0.25) is 0 Å². The zero-order chi connectivity index (χ0) is 13.0. The van der Waals surface area contributed by atoms with Crippen molar-refractivity contribution in [3.8, 4) is 0 Å². The molecule has 1 aromatic heterocycles. The highest BCUT2D eigenvalue weighted by Gasteiger charge is 2.19. The second-order valence-corrected chi connectivity index (χ2v) is 5.52. The molecule has 0 saturated carbocycles. The van der Waals surface area contributed by atoms with Crippen molar-refractivity contribution in [2.45, 2.75) is 46.6 Å². The Bertz CT molecular complexity index is 360. The first-order valence-electron chi connectivity index (χ1n) is 6.42. The van der Waals surface area contributed by atoms with Gasteiger partial charge in [0.1, 0.15) is 0 Å². The van der Waals surface area contributed by atoms with Crippen molar-refractivity contribution in [2.75, 3.05) is 6.54 Å². The number of nitrogens with one attached hydrogen (secondary N) is 1. The molecule has 0 aromatic carbocycles. The third-order valence-corrected chi connectivity index (χ3v) is 4.40. The lowest BCUT2D eigenvalue weighted by Crippen LogP contribution is -2.35. The van der Waals surface area contributed by atoms with Crippen LogP contribution >= 0.6 is 15.9 Å². The fourth-order valence-electron chi connectivity index (χ4n) is 2.36. The minimum absolute atomic E-state index is 0.585. The molecule has 0 aliphatic carbocycles. The van der Waals surface area contributed by atoms with Crippen molar-refractivity contribution in [1.29, 1.82) is 0 Å². The summed E-state index contributed by atoms with van der Waals surface area (Å²) in [6, 6.07) is 0.585. The average Bonchev–Trinajstić information content (AvgIpc) is 2.52. The third kappa shape index (κ3) is 3.55. The van der Waals surface area contributed by atoms with E-state index in [0.29, 0.717) is 12.0 Å². The van der Waals surface area contributed by atoms with E-state index < -0.39 is 0 Å². The topological polar surface area (TPSA) is 29.9 Å². The van der Waals surface area contributed by atoms with Gasteiger partial charge < -0.3 is 5.32 Å². The van der Waals surface area contributed by atoms with E-state index in [4.69, 9.17) is 0 Å². The highest BCUT2D eigenvalue weighted by Crippen LogP contribution is 2.24. The van der Waals surface area contributed by atoms with E-state index in [2.05, 4.69) is 47.1 Å². The molecular weight excluding hydrogens is 278 g/mol. The van der Waals surface area contributed by atoms with Crippen molar-refractivity contribution >= 4 is 15.9 Å². The molecule has 4 heteroatoms. The second kappa shape index (κ2) is 6.55. The van der Waals surface area contributed by atoms with E-state index in [9.17, 15) is 0 Å². The van der Waals surface area contributed by atoms with Gasteiger partial charge in [-0.1, -0.05) is 20.8 Å². The quantitative estimate of drug-likeness (QED) is 0.875. The molecule has 98 valence electrons. The molecule has 0 bridgehead atoms. The minimum atomic E-state index is 0.585. The molecule has 1 aromatic rings. The van der Waals surface area contributed by atoms with Crippen LogP contribution < -0.4 is 5.32 Å². The Balaban J connectivity index is 2.76. The van der Waals surface area contributed by atoms with E-state index in [0.717, 1.165) is 18.7 Å². The van der Waals surface area contributed by atoms with Crippen molar-refractivity contribution in [2.24, 2.45) is 13.0 Å². The number of halogens is 1. The molecule has 0 aliphatic heterocycles. The minimum Gasteiger partial charge on any atom is -0.314 e. The van der Waals surface area contributed by atoms with Crippen LogP contribution in [-0.4, -0.2) is 22.4 Å². The van der Waals surface area contributed by atoms with Gasteiger partial charge in [0.15, 0.2) is 0 Å². The summed E-state index contributed by atoms with van der Waals surface area (Å²) in [6.07, 6.45) is 2.23. The lowest BCUT2D eigenvalue weighted by atomic mass is 9.94. The SMILES string of the molecule is CCNC(CC)C(C)Cc1c(Br)c(C)nn1C. The summed E-state index contributed by atoms with van der Waals surface area (Å²) in [4.78, 5) is 0. The summed E-state index contributed by atoms with van der Waals surface area (Å²) in [5, 5.41) is 8.00. The van der Waals surface area contributed by atoms with Gasteiger partial charge in [0.05, 0.1) is 15.9 Å². The van der Waals surface area contributed by atoms with Crippen LogP contribution in [-0.2, 0) is 13.5 Å². The summed E-state index contributed by atoms with van der Waals surface area (Å²) < 4.78 is 3.16. The fraction of sp³-hybridized carbons (Fsp3) is 0.769. The lowest BCUT2D eigenvalue weighted by Gasteiger charge is -2.23. The Morgan fingerprint density at radius 1 is 1.41 bits per heavy atom. The number of hydrogen-bond acceptors (Lipinski definition) is 2. The van der Waals surface area contributed by atoms with Gasteiger partial charge in [-0.25, -0.2) is 0 Å². The largest absolute Gasteiger partial charge is 0.314 e. The van der Waals surface area contributed by atoms with Crippen molar-refractivity contribution < 1.29 is 0 Å². The number of aryl methyl sites for hydroxylation is 2. The molecule has 0 spiro atoms. The van der Waals surface area contributed by atoms with Gasteiger partial charge in [-0.15, -0.1) is 0 Å². The van der Waals surface area contributed by atoms with Gasteiger partial charge >= 0.3 is 0 Å². The Hall–Kier alpha value is -0.350. The smallest absolute Gasteiger partial charge is 0.0738 e. The number of hydrogen-bond donors (Lipinski definition) is 1. The Labute approximate surface area is 113 Å². The predicted octanol–water partition coefficient (Wildman–Crippen LogP) is 3.06. The molecule has 2 atom stereocenters. The monoisotopic (exact) mass is 301 g/mol. The van der Waals surface area contributed by atoms with Crippen molar-refractivity contribution in [3.63, 3.8) is 0 Å². The highest BCUT2D eigenvalue weighted by atomic mass is 79.9. The van der Waals surface area contributed by atoms with Gasteiger partial charge in [0.25, 0.3) is 0 Å². The van der Waals surface area contributed by atoms with E-state index in [1.807, 2.05) is 18.7 Å². The normalized spacial score (nSPS) is 14.9. The summed E-state index contributed by atoms with van der Waals surface area (Å²) in [7, 11) is 2.02. The maximum absolute atomic E-state index is 4.44. The van der Waals surface area contributed by atoms with E-state index >= 15 is 0 Å². The van der Waals surface area contributed by atoms with Crippen LogP contribution in [0.5, 0.6) is 0 Å². The summed E-state index contributed by atoms with van der Waals surface area (Å²) in [6.45, 7) is 9.80. The van der Waals surface area contributed by atoms with Gasteiger partial charge in [-0.3, -0.25) is 4.68 Å². The van der Waals surface area contributed by atoms with E-state index in [1.54, 1.807) is 0 Å². The zero-order valence-electron chi connectivity index (χ0n) is 11.5. The second-order valence-electron chi connectivity index (χ2n) is 4.72. The van der Waals surface area contributed by atoms with Crippen molar-refractivity contribution in [3.05, 3.63) is 15.9 Å². The molecule has 17 heavy (non-hydrogen) atoms. The molecular formula is C13H24BrN3. The molecule has 0 radical (unpaired) electrons. The van der Waals surface area contributed by atoms with Crippen molar-refractivity contribution in [1.82, 2.24) is 15.1 Å². The Kier molecular flexibility index (Phi) is 5.67. The first-order valence-corrected chi connectivity index (χ1v) is 7.21. The van der Waals surface area contributed by atoms with Crippen LogP contribution in [0.15, 0.2) is 4.47 Å². The molecule has 1 N–H and O–H groups in total. The molecule has 0 saturated heterocycles. The number of rotatable bonds is 6. The average molecular weight is 302 g/mol. The molecule has 3 nitrogen and oxygen atoms in total. The van der Waals surface area contributed by atoms with Crippen LogP contribution in [0.2, 0.25) is 0 Å². The first kappa shape index (κ1) is 14.7. The maximum Gasteiger partial charge on any atom is 0.0738 e. The highest BCUT2D eigenvalue weighted by molar-refractivity contribution is 9.10. The van der Waals surface area contributed by atoms with Crippen LogP contribution in [0.4, 0.5) is 0 Å². The fourth-order valence-corrected chi connectivity index (χ4v) is 2.86.